The molecule has 0 saturated carbocycles. The van der Waals surface area contributed by atoms with E-state index >= 15 is 0 Å². The largest absolute Gasteiger partial charge is 0.398 e. The summed E-state index contributed by atoms with van der Waals surface area (Å²) in [6.07, 6.45) is 0.706. The van der Waals surface area contributed by atoms with Gasteiger partial charge in [0.15, 0.2) is 0 Å². The Morgan fingerprint density at radius 1 is 0.966 bits per heavy atom. The quantitative estimate of drug-likeness (QED) is 0.644. The molecule has 0 aromatic heterocycles. The predicted molar refractivity (Wildman–Crippen MR) is 122 cm³/mol. The van der Waals surface area contributed by atoms with Gasteiger partial charge in [0.1, 0.15) is 5.66 Å². The first-order valence-electron chi connectivity index (χ1n) is 10.5. The number of allylic oxidation sites excluding steroid dienone is 1. The number of benzene rings is 2. The van der Waals surface area contributed by atoms with Crippen LogP contribution in [0.2, 0.25) is 0 Å². The van der Waals surface area contributed by atoms with Crippen molar-refractivity contribution < 1.29 is 0 Å². The zero-order valence-electron chi connectivity index (χ0n) is 17.7. The van der Waals surface area contributed by atoms with Gasteiger partial charge in [0.2, 0.25) is 0 Å². The summed E-state index contributed by atoms with van der Waals surface area (Å²) in [4.78, 5) is 2.41. The lowest BCUT2D eigenvalue weighted by molar-refractivity contribution is 0.221. The van der Waals surface area contributed by atoms with E-state index in [9.17, 15) is 0 Å². The number of nitrogens with two attached hydrogens (primary N) is 2. The lowest BCUT2D eigenvalue weighted by Gasteiger charge is -2.38. The first-order valence-corrected chi connectivity index (χ1v) is 10.5. The molecule has 2 aromatic rings. The molecular formula is C24H33N5. The molecule has 5 heteroatoms. The summed E-state index contributed by atoms with van der Waals surface area (Å²) in [6, 6.07) is 20.3. The third-order valence-electron chi connectivity index (χ3n) is 5.60. The number of nitrogens with zero attached hydrogens (tertiary/aromatic N) is 2. The van der Waals surface area contributed by atoms with Gasteiger partial charge in [-0.25, -0.2) is 0 Å². The molecule has 5 N–H and O–H groups in total. The molecule has 0 spiro atoms. The van der Waals surface area contributed by atoms with Gasteiger partial charge in [0.05, 0.1) is 11.4 Å². The van der Waals surface area contributed by atoms with Crippen LogP contribution in [0.1, 0.15) is 38.3 Å². The van der Waals surface area contributed by atoms with Gasteiger partial charge >= 0.3 is 0 Å². The van der Waals surface area contributed by atoms with Crippen molar-refractivity contribution in [3.8, 4) is 0 Å². The molecule has 0 saturated heterocycles. The molecule has 3 rings (SSSR count). The standard InChI is InChI=1S/C24H33N5/c1-4-29(5-2)17-18(3)16-24(26)23(25)21(19-12-8-6-9-13-19)22(27-28-24)20-14-10-7-11-15-20/h6-15,18,28H,4-5,16-17,25-26H2,1-3H3. The summed E-state index contributed by atoms with van der Waals surface area (Å²) in [5.74, 6) is 0.372. The molecule has 0 bridgehead atoms. The van der Waals surface area contributed by atoms with Crippen molar-refractivity contribution in [2.75, 3.05) is 19.6 Å². The van der Waals surface area contributed by atoms with Crippen molar-refractivity contribution >= 4 is 11.3 Å². The van der Waals surface area contributed by atoms with E-state index in [0.29, 0.717) is 18.0 Å². The summed E-state index contributed by atoms with van der Waals surface area (Å²) < 4.78 is 0. The van der Waals surface area contributed by atoms with E-state index in [4.69, 9.17) is 16.6 Å². The average molecular weight is 392 g/mol. The number of hydrogen-bond donors (Lipinski definition) is 3. The molecule has 2 unspecified atom stereocenters. The van der Waals surface area contributed by atoms with Crippen molar-refractivity contribution in [3.63, 3.8) is 0 Å². The molecule has 0 aliphatic carbocycles. The first-order chi connectivity index (χ1) is 14.0. The van der Waals surface area contributed by atoms with E-state index in [1.165, 1.54) is 0 Å². The highest BCUT2D eigenvalue weighted by atomic mass is 15.4. The smallest absolute Gasteiger partial charge is 0.143 e. The summed E-state index contributed by atoms with van der Waals surface area (Å²) in [5.41, 5.74) is 20.3. The van der Waals surface area contributed by atoms with E-state index < -0.39 is 5.66 Å². The van der Waals surface area contributed by atoms with Gasteiger partial charge in [-0.1, -0.05) is 81.4 Å². The van der Waals surface area contributed by atoms with Crippen molar-refractivity contribution in [1.82, 2.24) is 10.3 Å². The molecule has 2 aromatic carbocycles. The lowest BCUT2D eigenvalue weighted by atomic mass is 9.85. The van der Waals surface area contributed by atoms with E-state index in [0.717, 1.165) is 42.0 Å². The van der Waals surface area contributed by atoms with E-state index in [1.807, 2.05) is 48.5 Å². The second-order valence-corrected chi connectivity index (χ2v) is 7.86. The first kappa shape index (κ1) is 21.1. The molecule has 1 aliphatic heterocycles. The Balaban J connectivity index is 1.97. The third kappa shape index (κ3) is 4.69. The van der Waals surface area contributed by atoms with Crippen LogP contribution in [0.3, 0.4) is 0 Å². The van der Waals surface area contributed by atoms with Crippen LogP contribution >= 0.6 is 0 Å². The van der Waals surface area contributed by atoms with Crippen molar-refractivity contribution in [3.05, 3.63) is 77.5 Å². The fourth-order valence-electron chi connectivity index (χ4n) is 4.02. The van der Waals surface area contributed by atoms with Crippen molar-refractivity contribution in [2.45, 2.75) is 32.9 Å². The van der Waals surface area contributed by atoms with Crippen LogP contribution in [0.25, 0.3) is 5.57 Å². The Morgan fingerprint density at radius 3 is 2.07 bits per heavy atom. The lowest BCUT2D eigenvalue weighted by Crippen LogP contribution is -2.59. The van der Waals surface area contributed by atoms with Crippen LogP contribution in [-0.4, -0.2) is 35.9 Å². The average Bonchev–Trinajstić information content (AvgIpc) is 2.75. The molecule has 1 aliphatic rings. The highest BCUT2D eigenvalue weighted by molar-refractivity contribution is 6.33. The highest BCUT2D eigenvalue weighted by Crippen LogP contribution is 2.32. The second kappa shape index (κ2) is 9.25. The fourth-order valence-corrected chi connectivity index (χ4v) is 4.02. The maximum atomic E-state index is 6.81. The van der Waals surface area contributed by atoms with Crippen molar-refractivity contribution in [2.24, 2.45) is 22.5 Å². The van der Waals surface area contributed by atoms with Crippen LogP contribution < -0.4 is 16.9 Å². The van der Waals surface area contributed by atoms with Gasteiger partial charge in [-0.3, -0.25) is 5.43 Å². The number of hydrazone groups is 1. The second-order valence-electron chi connectivity index (χ2n) is 7.86. The predicted octanol–water partition coefficient (Wildman–Crippen LogP) is 3.39. The van der Waals surface area contributed by atoms with Crippen LogP contribution in [-0.2, 0) is 0 Å². The SMILES string of the molecule is CCN(CC)CC(C)CC1(N)NN=C(c2ccccc2)C(c2ccccc2)=C1N. The number of nitrogens with one attached hydrogen (secondary N) is 1. The summed E-state index contributed by atoms with van der Waals surface area (Å²) in [6.45, 7) is 9.64. The molecule has 1 heterocycles. The van der Waals surface area contributed by atoms with Gasteiger partial charge in [0, 0.05) is 17.7 Å². The topological polar surface area (TPSA) is 79.7 Å². The Labute approximate surface area is 174 Å². The normalized spacial score (nSPS) is 20.4. The van der Waals surface area contributed by atoms with Crippen LogP contribution in [0.4, 0.5) is 0 Å². The molecule has 0 amide bonds. The van der Waals surface area contributed by atoms with Gasteiger partial charge in [-0.15, -0.1) is 0 Å². The molecule has 0 radical (unpaired) electrons. The van der Waals surface area contributed by atoms with Gasteiger partial charge < -0.3 is 16.4 Å². The maximum Gasteiger partial charge on any atom is 0.143 e. The Hall–Kier alpha value is -2.63. The Morgan fingerprint density at radius 2 is 1.52 bits per heavy atom. The van der Waals surface area contributed by atoms with Crippen LogP contribution in [0.5, 0.6) is 0 Å². The van der Waals surface area contributed by atoms with E-state index in [2.05, 4.69) is 43.2 Å². The monoisotopic (exact) mass is 391 g/mol. The molecular weight excluding hydrogens is 358 g/mol. The summed E-state index contributed by atoms with van der Waals surface area (Å²) in [5, 5.41) is 4.72. The maximum absolute atomic E-state index is 6.81. The van der Waals surface area contributed by atoms with E-state index in [-0.39, 0.29) is 0 Å². The van der Waals surface area contributed by atoms with Gasteiger partial charge in [-0.05, 0) is 31.0 Å². The molecule has 0 fully saturated rings. The Bertz CT molecular complexity index is 855. The highest BCUT2D eigenvalue weighted by Gasteiger charge is 2.37. The summed E-state index contributed by atoms with van der Waals surface area (Å²) in [7, 11) is 0. The van der Waals surface area contributed by atoms with E-state index in [1.54, 1.807) is 0 Å². The zero-order valence-corrected chi connectivity index (χ0v) is 17.7. The zero-order chi connectivity index (χ0) is 20.9. The Kier molecular flexibility index (Phi) is 6.72. The molecule has 154 valence electrons. The van der Waals surface area contributed by atoms with Crippen LogP contribution in [0.15, 0.2) is 71.5 Å². The van der Waals surface area contributed by atoms with Gasteiger partial charge in [0.25, 0.3) is 0 Å². The fraction of sp³-hybridized carbons (Fsp3) is 0.375. The summed E-state index contributed by atoms with van der Waals surface area (Å²) >= 11 is 0. The minimum atomic E-state index is -0.879. The number of rotatable bonds is 8. The molecule has 29 heavy (non-hydrogen) atoms. The number of hydrogen-bond acceptors (Lipinski definition) is 5. The van der Waals surface area contributed by atoms with Gasteiger partial charge in [-0.2, -0.15) is 5.10 Å². The van der Waals surface area contributed by atoms with Crippen LogP contribution in [0, 0.1) is 5.92 Å². The third-order valence-corrected chi connectivity index (χ3v) is 5.60. The minimum Gasteiger partial charge on any atom is -0.398 e. The van der Waals surface area contributed by atoms with Crippen molar-refractivity contribution in [1.29, 1.82) is 0 Å². The molecule has 5 nitrogen and oxygen atoms in total. The molecule has 2 atom stereocenters. The minimum absolute atomic E-state index is 0.372.